The largest absolute Gasteiger partial charge is 0.477 e. The summed E-state index contributed by atoms with van der Waals surface area (Å²) in [7, 11) is 0. The van der Waals surface area contributed by atoms with Crippen molar-refractivity contribution in [1.82, 2.24) is 9.97 Å². The van der Waals surface area contributed by atoms with Gasteiger partial charge in [-0.1, -0.05) is 23.2 Å². The molecule has 4 rings (SSSR count). The van der Waals surface area contributed by atoms with Crippen molar-refractivity contribution in [3.8, 4) is 5.88 Å². The third kappa shape index (κ3) is 3.23. The van der Waals surface area contributed by atoms with Gasteiger partial charge in [-0.25, -0.2) is 24.5 Å². The fourth-order valence-electron chi connectivity index (χ4n) is 4.02. The fraction of sp³-hybridized carbons (Fsp3) is 0.316. The van der Waals surface area contributed by atoms with E-state index in [-0.39, 0.29) is 46.9 Å². The standard InChI is InChI=1S/C19H15Cl2N3O6/c20-9-7-11(21)15(22-8-9)30-10-3-5-19(6-4-10)14-13(24(17(19)27)18(28)29)2-1-12(23-14)16(25)26/h1-2,7-8,10H,3-6H2,(H,25,26)(H,28,29)/t10-,19+. The Labute approximate surface area is 180 Å². The molecule has 2 aromatic heterocycles. The number of aromatic carboxylic acids is 1. The molecular weight excluding hydrogens is 437 g/mol. The summed E-state index contributed by atoms with van der Waals surface area (Å²) in [5.74, 6) is -1.66. The first kappa shape index (κ1) is 20.4. The highest BCUT2D eigenvalue weighted by Gasteiger charge is 2.56. The van der Waals surface area contributed by atoms with Crippen LogP contribution in [-0.4, -0.2) is 44.3 Å². The van der Waals surface area contributed by atoms with E-state index < -0.39 is 23.4 Å². The molecule has 0 radical (unpaired) electrons. The van der Waals surface area contributed by atoms with Crippen LogP contribution in [0.25, 0.3) is 0 Å². The number of carboxylic acid groups (broad SMARTS) is 2. The fourth-order valence-corrected chi connectivity index (χ4v) is 4.44. The first-order chi connectivity index (χ1) is 14.2. The number of halogens is 2. The number of pyridine rings is 2. The summed E-state index contributed by atoms with van der Waals surface area (Å²) in [6.45, 7) is 0. The smallest absolute Gasteiger partial charge is 0.418 e. The van der Waals surface area contributed by atoms with Crippen LogP contribution in [0.4, 0.5) is 10.5 Å². The molecule has 0 atom stereocenters. The Morgan fingerprint density at radius 3 is 2.50 bits per heavy atom. The Kier molecular flexibility index (Phi) is 5.03. The Bertz CT molecular complexity index is 1070. The molecule has 2 N–H and O–H groups in total. The summed E-state index contributed by atoms with van der Waals surface area (Å²) >= 11 is 11.9. The molecule has 0 unspecified atom stereocenters. The SMILES string of the molecule is O=C(O)c1ccc2c(n1)[C@]1(CC[C@H](Oc3ncc(Cl)cc3Cl)CC1)C(=O)N2C(=O)O. The maximum atomic E-state index is 13.1. The van der Waals surface area contributed by atoms with Crippen molar-refractivity contribution in [3.63, 3.8) is 0 Å². The molecular formula is C19H15Cl2N3O6. The zero-order chi connectivity index (χ0) is 21.6. The second kappa shape index (κ2) is 7.41. The van der Waals surface area contributed by atoms with Gasteiger partial charge >= 0.3 is 12.1 Å². The van der Waals surface area contributed by atoms with Gasteiger partial charge in [0.15, 0.2) is 0 Å². The Balaban J connectivity index is 1.62. The van der Waals surface area contributed by atoms with Crippen molar-refractivity contribution in [2.45, 2.75) is 37.2 Å². The molecule has 30 heavy (non-hydrogen) atoms. The third-order valence-electron chi connectivity index (χ3n) is 5.43. The average Bonchev–Trinajstić information content (AvgIpc) is 2.93. The first-order valence-corrected chi connectivity index (χ1v) is 9.78. The minimum Gasteiger partial charge on any atom is -0.477 e. The van der Waals surface area contributed by atoms with E-state index >= 15 is 0 Å². The number of ether oxygens (including phenoxy) is 1. The number of rotatable bonds is 3. The lowest BCUT2D eigenvalue weighted by molar-refractivity contribution is -0.124. The summed E-state index contributed by atoms with van der Waals surface area (Å²) in [5, 5.41) is 19.4. The van der Waals surface area contributed by atoms with E-state index in [1.165, 1.54) is 24.4 Å². The van der Waals surface area contributed by atoms with Crippen LogP contribution >= 0.6 is 23.2 Å². The van der Waals surface area contributed by atoms with E-state index in [0.717, 1.165) is 0 Å². The van der Waals surface area contributed by atoms with Crippen LogP contribution < -0.4 is 9.64 Å². The molecule has 1 spiro atoms. The van der Waals surface area contributed by atoms with Gasteiger partial charge in [-0.2, -0.15) is 0 Å². The molecule has 1 aliphatic heterocycles. The predicted octanol–water partition coefficient (Wildman–Crippen LogP) is 3.77. The number of imide groups is 1. The lowest BCUT2D eigenvalue weighted by Gasteiger charge is -2.35. The number of fused-ring (bicyclic) bond motifs is 2. The number of hydrogen-bond acceptors (Lipinski definition) is 6. The van der Waals surface area contributed by atoms with Crippen molar-refractivity contribution >= 4 is 46.9 Å². The number of anilines is 1. The molecule has 156 valence electrons. The molecule has 0 saturated heterocycles. The molecule has 2 amide bonds. The molecule has 2 aliphatic rings. The van der Waals surface area contributed by atoms with E-state index in [9.17, 15) is 24.6 Å². The monoisotopic (exact) mass is 451 g/mol. The highest BCUT2D eigenvalue weighted by molar-refractivity contribution is 6.35. The summed E-state index contributed by atoms with van der Waals surface area (Å²) in [6, 6.07) is 4.01. The van der Waals surface area contributed by atoms with Crippen LogP contribution in [0, 0.1) is 0 Å². The van der Waals surface area contributed by atoms with Gasteiger partial charge in [-0.05, 0) is 43.9 Å². The quantitative estimate of drug-likeness (QED) is 0.720. The summed E-state index contributed by atoms with van der Waals surface area (Å²) < 4.78 is 5.85. The normalized spacial score (nSPS) is 22.8. The van der Waals surface area contributed by atoms with Crippen molar-refractivity contribution in [3.05, 3.63) is 45.8 Å². The number of carboxylic acids is 1. The van der Waals surface area contributed by atoms with E-state index in [4.69, 9.17) is 27.9 Å². The maximum Gasteiger partial charge on any atom is 0.418 e. The van der Waals surface area contributed by atoms with Crippen LogP contribution in [0.5, 0.6) is 5.88 Å². The van der Waals surface area contributed by atoms with E-state index in [1.54, 1.807) is 0 Å². The van der Waals surface area contributed by atoms with Crippen molar-refractivity contribution < 1.29 is 29.3 Å². The minimum atomic E-state index is -1.43. The van der Waals surface area contributed by atoms with Crippen molar-refractivity contribution in [1.29, 1.82) is 0 Å². The van der Waals surface area contributed by atoms with Gasteiger partial charge in [-0.15, -0.1) is 0 Å². The summed E-state index contributed by atoms with van der Waals surface area (Å²) in [4.78, 5) is 45.0. The molecule has 11 heteroatoms. The van der Waals surface area contributed by atoms with Crippen LogP contribution in [0.2, 0.25) is 10.0 Å². The van der Waals surface area contributed by atoms with Gasteiger partial charge in [-0.3, -0.25) is 4.79 Å². The number of aromatic nitrogens is 2. The van der Waals surface area contributed by atoms with Crippen molar-refractivity contribution in [2.24, 2.45) is 0 Å². The molecule has 2 aromatic rings. The zero-order valence-corrected chi connectivity index (χ0v) is 16.9. The summed E-state index contributed by atoms with van der Waals surface area (Å²) in [6.07, 6.45) is 0.962. The number of nitrogens with zero attached hydrogens (tertiary/aromatic N) is 3. The van der Waals surface area contributed by atoms with Gasteiger partial charge in [0.25, 0.3) is 0 Å². The topological polar surface area (TPSA) is 130 Å². The molecule has 0 aromatic carbocycles. The van der Waals surface area contributed by atoms with E-state index in [2.05, 4.69) is 9.97 Å². The van der Waals surface area contributed by atoms with E-state index in [1.807, 2.05) is 0 Å². The Morgan fingerprint density at radius 2 is 1.90 bits per heavy atom. The second-order valence-electron chi connectivity index (χ2n) is 7.13. The maximum absolute atomic E-state index is 13.1. The first-order valence-electron chi connectivity index (χ1n) is 9.03. The van der Waals surface area contributed by atoms with Crippen molar-refractivity contribution in [2.75, 3.05) is 4.90 Å². The highest BCUT2D eigenvalue weighted by atomic mass is 35.5. The Hall–Kier alpha value is -2.91. The van der Waals surface area contributed by atoms with Crippen LogP contribution in [-0.2, 0) is 10.2 Å². The highest BCUT2D eigenvalue weighted by Crippen LogP contribution is 2.49. The lowest BCUT2D eigenvalue weighted by Crippen LogP contribution is -2.46. The molecule has 0 bridgehead atoms. The van der Waals surface area contributed by atoms with Gasteiger partial charge < -0.3 is 14.9 Å². The van der Waals surface area contributed by atoms with Gasteiger partial charge in [0.1, 0.15) is 16.8 Å². The molecule has 1 saturated carbocycles. The predicted molar refractivity (Wildman–Crippen MR) is 106 cm³/mol. The summed E-state index contributed by atoms with van der Waals surface area (Å²) in [5.41, 5.74) is -1.19. The zero-order valence-electron chi connectivity index (χ0n) is 15.3. The average molecular weight is 452 g/mol. The molecule has 1 aliphatic carbocycles. The third-order valence-corrected chi connectivity index (χ3v) is 5.91. The molecule has 3 heterocycles. The number of carbonyl (C=O) groups is 3. The van der Waals surface area contributed by atoms with Crippen LogP contribution in [0.3, 0.4) is 0 Å². The van der Waals surface area contributed by atoms with Gasteiger partial charge in [0.2, 0.25) is 11.8 Å². The number of amides is 2. The second-order valence-corrected chi connectivity index (χ2v) is 7.98. The molecule has 1 fully saturated rings. The van der Waals surface area contributed by atoms with Gasteiger partial charge in [0, 0.05) is 6.20 Å². The van der Waals surface area contributed by atoms with Gasteiger partial charge in [0.05, 0.1) is 21.8 Å². The van der Waals surface area contributed by atoms with E-state index in [0.29, 0.717) is 22.8 Å². The minimum absolute atomic E-state index is 0.0966. The Morgan fingerprint density at radius 1 is 1.20 bits per heavy atom. The van der Waals surface area contributed by atoms with Crippen LogP contribution in [0.1, 0.15) is 41.9 Å². The van der Waals surface area contributed by atoms with Crippen LogP contribution in [0.15, 0.2) is 24.4 Å². The number of carbonyl (C=O) groups excluding carboxylic acids is 1. The molecule has 9 nitrogen and oxygen atoms in total. The lowest BCUT2D eigenvalue weighted by atomic mass is 9.71. The number of hydrogen-bond donors (Lipinski definition) is 2.